The van der Waals surface area contributed by atoms with Gasteiger partial charge in [0.1, 0.15) is 5.82 Å². The molecule has 1 saturated heterocycles. The molecular formula is C24H25F6N5O2. The van der Waals surface area contributed by atoms with Crippen LogP contribution >= 0.6 is 0 Å². The van der Waals surface area contributed by atoms with Gasteiger partial charge < -0.3 is 10.0 Å². The lowest BCUT2D eigenvalue weighted by Gasteiger charge is -2.37. The Morgan fingerprint density at radius 2 is 1.65 bits per heavy atom. The average Bonchev–Trinajstić information content (AvgIpc) is 3.36. The van der Waals surface area contributed by atoms with Crippen molar-refractivity contribution in [3.05, 3.63) is 72.2 Å². The number of carboxylic acid groups (broad SMARTS) is 1. The SMILES string of the molecule is CN(Cc1ccc(-n2ccc(C(F)(F)F)n2)cc1)C1CCN(c2ccccn2)CC1.O=C(O)C(F)(F)F. The lowest BCUT2D eigenvalue weighted by molar-refractivity contribution is -0.192. The third-order valence-electron chi connectivity index (χ3n) is 5.82. The largest absolute Gasteiger partial charge is 0.490 e. The van der Waals surface area contributed by atoms with Gasteiger partial charge in [-0.05, 0) is 55.8 Å². The van der Waals surface area contributed by atoms with Crippen LogP contribution in [-0.2, 0) is 17.5 Å². The van der Waals surface area contributed by atoms with E-state index in [4.69, 9.17) is 9.90 Å². The molecular weight excluding hydrogens is 504 g/mol. The summed E-state index contributed by atoms with van der Waals surface area (Å²) in [5.74, 6) is -1.73. The predicted octanol–water partition coefficient (Wildman–Crippen LogP) is 5.02. The van der Waals surface area contributed by atoms with Crippen molar-refractivity contribution in [2.45, 2.75) is 37.8 Å². The Kier molecular flexibility index (Phi) is 8.79. The van der Waals surface area contributed by atoms with Crippen LogP contribution in [0.4, 0.5) is 32.2 Å². The third-order valence-corrected chi connectivity index (χ3v) is 5.82. The number of benzene rings is 1. The number of anilines is 1. The van der Waals surface area contributed by atoms with Crippen LogP contribution in [0, 0.1) is 0 Å². The zero-order valence-corrected chi connectivity index (χ0v) is 19.7. The molecule has 0 radical (unpaired) electrons. The fraction of sp³-hybridized carbons (Fsp3) is 0.375. The number of aromatic nitrogens is 3. The topological polar surface area (TPSA) is 74.5 Å². The first-order valence-electron chi connectivity index (χ1n) is 11.2. The molecule has 3 heterocycles. The Bertz CT molecular complexity index is 1140. The summed E-state index contributed by atoms with van der Waals surface area (Å²) in [6, 6.07) is 15.0. The van der Waals surface area contributed by atoms with Gasteiger partial charge in [-0.1, -0.05) is 18.2 Å². The van der Waals surface area contributed by atoms with Crippen molar-refractivity contribution in [3.8, 4) is 5.69 Å². The summed E-state index contributed by atoms with van der Waals surface area (Å²) in [5, 5.41) is 10.7. The van der Waals surface area contributed by atoms with Gasteiger partial charge in [0.15, 0.2) is 5.69 Å². The Morgan fingerprint density at radius 3 is 2.14 bits per heavy atom. The number of carboxylic acids is 1. The van der Waals surface area contributed by atoms with E-state index in [0.29, 0.717) is 11.7 Å². The molecule has 1 fully saturated rings. The number of aliphatic carboxylic acids is 1. The van der Waals surface area contributed by atoms with Crippen LogP contribution < -0.4 is 4.90 Å². The van der Waals surface area contributed by atoms with Gasteiger partial charge in [0.05, 0.1) is 5.69 Å². The number of alkyl halides is 6. The van der Waals surface area contributed by atoms with E-state index < -0.39 is 24.0 Å². The summed E-state index contributed by atoms with van der Waals surface area (Å²) in [6.45, 7) is 2.75. The molecule has 0 amide bonds. The fourth-order valence-electron chi connectivity index (χ4n) is 3.87. The number of rotatable bonds is 5. The molecule has 0 saturated carbocycles. The molecule has 0 atom stereocenters. The van der Waals surface area contributed by atoms with Crippen LogP contribution in [0.15, 0.2) is 60.9 Å². The van der Waals surface area contributed by atoms with Crippen molar-refractivity contribution in [1.82, 2.24) is 19.7 Å². The second-order valence-corrected chi connectivity index (χ2v) is 8.43. The highest BCUT2D eigenvalue weighted by Gasteiger charge is 2.38. The average molecular weight is 529 g/mol. The summed E-state index contributed by atoms with van der Waals surface area (Å²) in [4.78, 5) is 18.0. The Balaban J connectivity index is 0.000000479. The first-order valence-corrected chi connectivity index (χ1v) is 11.2. The zero-order valence-electron chi connectivity index (χ0n) is 19.7. The molecule has 13 heteroatoms. The van der Waals surface area contributed by atoms with E-state index in [1.165, 1.54) is 10.9 Å². The molecule has 3 aromatic rings. The second-order valence-electron chi connectivity index (χ2n) is 8.43. The Morgan fingerprint density at radius 1 is 1.03 bits per heavy atom. The van der Waals surface area contributed by atoms with Crippen molar-refractivity contribution in [2.75, 3.05) is 25.0 Å². The van der Waals surface area contributed by atoms with E-state index in [0.717, 1.165) is 49.9 Å². The van der Waals surface area contributed by atoms with Crippen molar-refractivity contribution in [3.63, 3.8) is 0 Å². The van der Waals surface area contributed by atoms with E-state index in [2.05, 4.69) is 26.9 Å². The van der Waals surface area contributed by atoms with E-state index in [-0.39, 0.29) is 0 Å². The molecule has 0 bridgehead atoms. The highest BCUT2D eigenvalue weighted by Crippen LogP contribution is 2.28. The minimum Gasteiger partial charge on any atom is -0.475 e. The molecule has 1 aliphatic heterocycles. The van der Waals surface area contributed by atoms with Crippen LogP contribution in [-0.4, -0.2) is 63.1 Å². The van der Waals surface area contributed by atoms with Crippen molar-refractivity contribution in [1.29, 1.82) is 0 Å². The maximum atomic E-state index is 12.7. The van der Waals surface area contributed by atoms with Crippen LogP contribution in [0.25, 0.3) is 5.69 Å². The smallest absolute Gasteiger partial charge is 0.475 e. The summed E-state index contributed by atoms with van der Waals surface area (Å²) in [5.41, 5.74) is 0.848. The molecule has 7 nitrogen and oxygen atoms in total. The molecule has 4 rings (SSSR count). The maximum absolute atomic E-state index is 12.7. The summed E-state index contributed by atoms with van der Waals surface area (Å²) in [7, 11) is 2.12. The second kappa shape index (κ2) is 11.6. The minimum atomic E-state index is -5.08. The Hall–Kier alpha value is -3.61. The van der Waals surface area contributed by atoms with E-state index >= 15 is 0 Å². The minimum absolute atomic E-state index is 0.491. The highest BCUT2D eigenvalue weighted by molar-refractivity contribution is 5.73. The summed E-state index contributed by atoms with van der Waals surface area (Å²) in [6.07, 6.45) is -4.22. The molecule has 0 aliphatic carbocycles. The van der Waals surface area contributed by atoms with Crippen LogP contribution in [0.1, 0.15) is 24.1 Å². The van der Waals surface area contributed by atoms with E-state index in [1.807, 2.05) is 36.5 Å². The molecule has 0 unspecified atom stereocenters. The van der Waals surface area contributed by atoms with Crippen molar-refractivity contribution in [2.24, 2.45) is 0 Å². The first-order chi connectivity index (χ1) is 17.3. The lowest BCUT2D eigenvalue weighted by atomic mass is 10.0. The summed E-state index contributed by atoms with van der Waals surface area (Å²) < 4.78 is 71.2. The number of nitrogens with zero attached hydrogens (tertiary/aromatic N) is 5. The van der Waals surface area contributed by atoms with Gasteiger partial charge in [0.25, 0.3) is 0 Å². The predicted molar refractivity (Wildman–Crippen MR) is 123 cm³/mol. The van der Waals surface area contributed by atoms with Gasteiger partial charge in [0, 0.05) is 38.1 Å². The van der Waals surface area contributed by atoms with Crippen LogP contribution in [0.2, 0.25) is 0 Å². The molecule has 1 aliphatic rings. The van der Waals surface area contributed by atoms with Gasteiger partial charge in [-0.2, -0.15) is 31.4 Å². The number of piperidine rings is 1. The molecule has 37 heavy (non-hydrogen) atoms. The van der Waals surface area contributed by atoms with Gasteiger partial charge in [0.2, 0.25) is 0 Å². The van der Waals surface area contributed by atoms with Crippen molar-refractivity contribution < 1.29 is 36.2 Å². The first kappa shape index (κ1) is 28.0. The maximum Gasteiger partial charge on any atom is 0.490 e. The third kappa shape index (κ3) is 7.94. The van der Waals surface area contributed by atoms with Gasteiger partial charge >= 0.3 is 18.3 Å². The Labute approximate surface area is 208 Å². The molecule has 200 valence electrons. The van der Waals surface area contributed by atoms with Gasteiger partial charge in [-0.3, -0.25) is 4.90 Å². The molecule has 0 spiro atoms. The number of carbonyl (C=O) groups is 1. The molecule has 1 aromatic carbocycles. The number of hydrogen-bond donors (Lipinski definition) is 1. The van der Waals surface area contributed by atoms with Gasteiger partial charge in [-0.25, -0.2) is 14.5 Å². The number of hydrogen-bond acceptors (Lipinski definition) is 5. The molecule has 2 aromatic heterocycles. The zero-order chi connectivity index (χ0) is 27.2. The standard InChI is InChI=1S/C22H24F3N5.C2HF3O2/c1-28(18-9-13-29(14-10-18)21-4-2-3-12-26-21)16-17-5-7-19(8-6-17)30-15-11-20(27-30)22(23,24)25;3-2(4,5)1(6)7/h2-8,11-12,15,18H,9-10,13-14,16H2,1H3;(H,6,7). The fourth-order valence-corrected chi connectivity index (χ4v) is 3.87. The van der Waals surface area contributed by atoms with Gasteiger partial charge in [-0.15, -0.1) is 0 Å². The number of halogens is 6. The monoisotopic (exact) mass is 529 g/mol. The quantitative estimate of drug-likeness (QED) is 0.468. The normalized spacial score (nSPS) is 14.9. The van der Waals surface area contributed by atoms with Crippen LogP contribution in [0.3, 0.4) is 0 Å². The van der Waals surface area contributed by atoms with Crippen molar-refractivity contribution >= 4 is 11.8 Å². The van der Waals surface area contributed by atoms with Crippen LogP contribution in [0.5, 0.6) is 0 Å². The summed E-state index contributed by atoms with van der Waals surface area (Å²) >= 11 is 0. The number of pyridine rings is 1. The lowest BCUT2D eigenvalue weighted by Crippen LogP contribution is -2.43. The highest BCUT2D eigenvalue weighted by atomic mass is 19.4. The molecule has 1 N–H and O–H groups in total. The van der Waals surface area contributed by atoms with E-state index in [9.17, 15) is 26.3 Å². The van der Waals surface area contributed by atoms with E-state index in [1.54, 1.807) is 12.1 Å².